The van der Waals surface area contributed by atoms with E-state index >= 15 is 0 Å². The zero-order valence-electron chi connectivity index (χ0n) is 13.7. The summed E-state index contributed by atoms with van der Waals surface area (Å²) in [5.41, 5.74) is 3.30. The average molecular weight is 358 g/mol. The molecule has 7 heteroatoms. The van der Waals surface area contributed by atoms with Gasteiger partial charge in [0.1, 0.15) is 11.0 Å². The highest BCUT2D eigenvalue weighted by Crippen LogP contribution is 2.26. The number of fused-ring (bicyclic) bond motifs is 1. The van der Waals surface area contributed by atoms with Crippen LogP contribution < -0.4 is 10.6 Å². The van der Waals surface area contributed by atoms with Gasteiger partial charge in [-0.1, -0.05) is 6.07 Å². The number of carbonyl (C=O) groups excluding carboxylic acids is 2. The Labute approximate surface area is 148 Å². The molecule has 1 aliphatic carbocycles. The lowest BCUT2D eigenvalue weighted by molar-refractivity contribution is -0.138. The standard InChI is InChI=1S/C18H18N2O4S/c1-10(18(23)24)19-16(22)14-7-8-25-17(14)20-15(21)13-6-5-11-3-2-4-12(11)9-13/h5-10H,2-4H2,1H3,(H,19,22)(H,20,21)(H,23,24)/t10-/m0/s1. The minimum atomic E-state index is -1.12. The first-order valence-electron chi connectivity index (χ1n) is 8.00. The van der Waals surface area contributed by atoms with Crippen LogP contribution >= 0.6 is 11.3 Å². The third-order valence-electron chi connectivity index (χ3n) is 4.22. The van der Waals surface area contributed by atoms with E-state index in [0.29, 0.717) is 10.6 Å². The first-order chi connectivity index (χ1) is 12.0. The summed E-state index contributed by atoms with van der Waals surface area (Å²) in [6.45, 7) is 1.38. The highest BCUT2D eigenvalue weighted by Gasteiger charge is 2.20. The van der Waals surface area contributed by atoms with Crippen molar-refractivity contribution in [2.75, 3.05) is 5.32 Å². The zero-order chi connectivity index (χ0) is 18.0. The zero-order valence-corrected chi connectivity index (χ0v) is 14.5. The van der Waals surface area contributed by atoms with Crippen molar-refractivity contribution in [2.24, 2.45) is 0 Å². The van der Waals surface area contributed by atoms with Crippen LogP contribution in [0.4, 0.5) is 5.00 Å². The summed E-state index contributed by atoms with van der Waals surface area (Å²) in [7, 11) is 0. The van der Waals surface area contributed by atoms with Crippen LogP contribution in [0.5, 0.6) is 0 Å². The predicted octanol–water partition coefficient (Wildman–Crippen LogP) is 2.69. The molecule has 0 aliphatic heterocycles. The second-order valence-electron chi connectivity index (χ2n) is 5.99. The summed E-state index contributed by atoms with van der Waals surface area (Å²) >= 11 is 1.22. The monoisotopic (exact) mass is 358 g/mol. The summed E-state index contributed by atoms with van der Waals surface area (Å²) in [4.78, 5) is 35.5. The van der Waals surface area contributed by atoms with Crippen LogP contribution in [0.3, 0.4) is 0 Å². The Balaban J connectivity index is 1.73. The molecule has 2 aromatic rings. The SMILES string of the molecule is C[C@H](NC(=O)c1ccsc1NC(=O)c1ccc2c(c1)CCC2)C(=O)O. The van der Waals surface area contributed by atoms with Gasteiger partial charge in [0.15, 0.2) is 0 Å². The smallest absolute Gasteiger partial charge is 0.325 e. The van der Waals surface area contributed by atoms with E-state index in [-0.39, 0.29) is 11.5 Å². The third kappa shape index (κ3) is 3.71. The molecule has 0 spiro atoms. The van der Waals surface area contributed by atoms with Crippen molar-refractivity contribution in [3.8, 4) is 0 Å². The fourth-order valence-corrected chi connectivity index (χ4v) is 3.59. The summed E-state index contributed by atoms with van der Waals surface area (Å²) in [6, 6.07) is 6.23. The van der Waals surface area contributed by atoms with E-state index in [4.69, 9.17) is 5.11 Å². The van der Waals surface area contributed by atoms with Gasteiger partial charge in [-0.3, -0.25) is 14.4 Å². The quantitative estimate of drug-likeness (QED) is 0.766. The van der Waals surface area contributed by atoms with E-state index < -0.39 is 17.9 Å². The Morgan fingerprint density at radius 1 is 1.12 bits per heavy atom. The first-order valence-corrected chi connectivity index (χ1v) is 8.88. The Bertz CT molecular complexity index is 843. The van der Waals surface area contributed by atoms with Crippen molar-refractivity contribution in [2.45, 2.75) is 32.2 Å². The molecule has 1 aromatic heterocycles. The number of amides is 2. The van der Waals surface area contributed by atoms with Gasteiger partial charge in [0.25, 0.3) is 11.8 Å². The third-order valence-corrected chi connectivity index (χ3v) is 5.05. The number of thiophene rings is 1. The van der Waals surface area contributed by atoms with E-state index in [1.165, 1.54) is 29.4 Å². The fraction of sp³-hybridized carbons (Fsp3) is 0.278. The van der Waals surface area contributed by atoms with Crippen molar-refractivity contribution in [3.63, 3.8) is 0 Å². The molecule has 130 valence electrons. The molecule has 0 unspecified atom stereocenters. The Kier molecular flexibility index (Phi) is 4.85. The topological polar surface area (TPSA) is 95.5 Å². The predicted molar refractivity (Wildman–Crippen MR) is 95.3 cm³/mol. The molecule has 1 heterocycles. The van der Waals surface area contributed by atoms with Crippen molar-refractivity contribution in [3.05, 3.63) is 51.9 Å². The summed E-state index contributed by atoms with van der Waals surface area (Å²) in [5, 5.41) is 16.1. The van der Waals surface area contributed by atoms with Gasteiger partial charge in [0, 0.05) is 5.56 Å². The lowest BCUT2D eigenvalue weighted by atomic mass is 10.1. The second kappa shape index (κ2) is 7.06. The van der Waals surface area contributed by atoms with Crippen molar-refractivity contribution >= 4 is 34.1 Å². The number of carboxylic acids is 1. The molecule has 0 fully saturated rings. The largest absolute Gasteiger partial charge is 0.480 e. The Hall–Kier alpha value is -2.67. The minimum absolute atomic E-state index is 0.257. The molecule has 3 N–H and O–H groups in total. The first kappa shape index (κ1) is 17.2. The highest BCUT2D eigenvalue weighted by atomic mass is 32.1. The van der Waals surface area contributed by atoms with Gasteiger partial charge in [0.2, 0.25) is 0 Å². The number of carbonyl (C=O) groups is 3. The van der Waals surface area contributed by atoms with Crippen LogP contribution in [0.2, 0.25) is 0 Å². The van der Waals surface area contributed by atoms with Crippen LogP contribution in [0, 0.1) is 0 Å². The number of aryl methyl sites for hydroxylation is 2. The van der Waals surface area contributed by atoms with Crippen LogP contribution in [0.25, 0.3) is 0 Å². The number of anilines is 1. The Morgan fingerprint density at radius 3 is 2.64 bits per heavy atom. The summed E-state index contributed by atoms with van der Waals surface area (Å²) in [6.07, 6.45) is 3.14. The number of rotatable bonds is 5. The maximum absolute atomic E-state index is 12.5. The van der Waals surface area contributed by atoms with Gasteiger partial charge in [-0.15, -0.1) is 11.3 Å². The molecule has 0 bridgehead atoms. The molecule has 0 saturated heterocycles. The van der Waals surface area contributed by atoms with Gasteiger partial charge in [-0.2, -0.15) is 0 Å². The lowest BCUT2D eigenvalue weighted by Crippen LogP contribution is -2.38. The van der Waals surface area contributed by atoms with E-state index in [1.807, 2.05) is 12.1 Å². The van der Waals surface area contributed by atoms with Crippen molar-refractivity contribution in [1.82, 2.24) is 5.32 Å². The molecule has 25 heavy (non-hydrogen) atoms. The number of benzene rings is 1. The van der Waals surface area contributed by atoms with Crippen LogP contribution in [0.15, 0.2) is 29.6 Å². The maximum Gasteiger partial charge on any atom is 0.325 e. The van der Waals surface area contributed by atoms with Gasteiger partial charge >= 0.3 is 5.97 Å². The average Bonchev–Trinajstić information content (AvgIpc) is 3.22. The molecule has 2 amide bonds. The molecule has 0 saturated carbocycles. The normalized spacial score (nSPS) is 13.8. The van der Waals surface area contributed by atoms with Gasteiger partial charge < -0.3 is 15.7 Å². The van der Waals surface area contributed by atoms with Crippen molar-refractivity contribution in [1.29, 1.82) is 0 Å². The van der Waals surface area contributed by atoms with Crippen molar-refractivity contribution < 1.29 is 19.5 Å². The molecule has 1 atom stereocenters. The van der Waals surface area contributed by atoms with E-state index in [1.54, 1.807) is 17.5 Å². The van der Waals surface area contributed by atoms with Crippen LogP contribution in [0.1, 0.15) is 45.2 Å². The molecule has 1 aromatic carbocycles. The number of nitrogens with one attached hydrogen (secondary N) is 2. The summed E-state index contributed by atoms with van der Waals surface area (Å²) in [5.74, 6) is -1.93. The number of carboxylic acid groups (broad SMARTS) is 1. The number of hydrogen-bond acceptors (Lipinski definition) is 4. The van der Waals surface area contributed by atoms with Gasteiger partial charge in [-0.05, 0) is 60.9 Å². The molecule has 0 radical (unpaired) electrons. The Morgan fingerprint density at radius 2 is 1.88 bits per heavy atom. The van der Waals surface area contributed by atoms with Gasteiger partial charge in [0.05, 0.1) is 5.56 Å². The van der Waals surface area contributed by atoms with Crippen LogP contribution in [-0.4, -0.2) is 28.9 Å². The number of hydrogen-bond donors (Lipinski definition) is 3. The van der Waals surface area contributed by atoms with E-state index in [0.717, 1.165) is 19.3 Å². The van der Waals surface area contributed by atoms with Crippen LogP contribution in [-0.2, 0) is 17.6 Å². The molecular formula is C18H18N2O4S. The highest BCUT2D eigenvalue weighted by molar-refractivity contribution is 7.14. The van der Waals surface area contributed by atoms with E-state index in [9.17, 15) is 14.4 Å². The second-order valence-corrected chi connectivity index (χ2v) is 6.90. The number of aliphatic carboxylic acids is 1. The minimum Gasteiger partial charge on any atom is -0.480 e. The molecule has 3 rings (SSSR count). The fourth-order valence-electron chi connectivity index (χ4n) is 2.81. The molecular weight excluding hydrogens is 340 g/mol. The maximum atomic E-state index is 12.5. The molecule has 6 nitrogen and oxygen atoms in total. The summed E-state index contributed by atoms with van der Waals surface area (Å²) < 4.78 is 0. The van der Waals surface area contributed by atoms with Gasteiger partial charge in [-0.25, -0.2) is 0 Å². The molecule has 1 aliphatic rings. The van der Waals surface area contributed by atoms with E-state index in [2.05, 4.69) is 10.6 Å². The lowest BCUT2D eigenvalue weighted by Gasteiger charge is -2.11.